The summed E-state index contributed by atoms with van der Waals surface area (Å²) >= 11 is 6.55. The highest BCUT2D eigenvalue weighted by atomic mass is 35.5. The molecule has 0 saturated carbocycles. The molecule has 2 unspecified atom stereocenters. The second kappa shape index (κ2) is 10.8. The van der Waals surface area contributed by atoms with Crippen molar-refractivity contribution in [1.29, 1.82) is 0 Å². The molecule has 3 aromatic rings. The Morgan fingerprint density at radius 2 is 1.85 bits per heavy atom. The van der Waals surface area contributed by atoms with E-state index in [1.165, 1.54) is 0 Å². The van der Waals surface area contributed by atoms with Crippen molar-refractivity contribution >= 4 is 35.4 Å². The average Bonchev–Trinajstić information content (AvgIpc) is 3.36. The SMILES string of the molecule is CN(C)c1nccc(N2CCC([N+](C)(C(=O)c3ccccc3Cl)C3CCc4ccc(OC(=O)O)cc43)CC2)n1. The van der Waals surface area contributed by atoms with E-state index in [2.05, 4.69) is 9.88 Å². The number of aryl methyl sites for hydroxylation is 1. The Balaban J connectivity index is 1.49. The van der Waals surface area contributed by atoms with Crippen molar-refractivity contribution in [2.45, 2.75) is 37.8 Å². The smallest absolute Gasteiger partial charge is 0.449 e. The third-order valence-electron chi connectivity index (χ3n) is 8.13. The predicted molar refractivity (Wildman–Crippen MR) is 150 cm³/mol. The lowest BCUT2D eigenvalue weighted by Gasteiger charge is -2.47. The van der Waals surface area contributed by atoms with E-state index in [-0.39, 0.29) is 28.2 Å². The third kappa shape index (κ3) is 5.16. The monoisotopic (exact) mass is 550 g/mol. The van der Waals surface area contributed by atoms with Crippen LogP contribution < -0.4 is 14.5 Å². The highest BCUT2D eigenvalue weighted by molar-refractivity contribution is 6.33. The van der Waals surface area contributed by atoms with E-state index in [9.17, 15) is 9.59 Å². The van der Waals surface area contributed by atoms with Crippen LogP contribution in [-0.2, 0) is 6.42 Å². The molecule has 10 heteroatoms. The standard InChI is InChI=1S/C29H32ClN5O4/c1-33(2)28-31-15-12-26(32-28)34-16-13-20(14-17-34)35(3,27(36)22-6-4-5-7-24(22)30)25-11-9-19-8-10-21(18-23(19)25)39-29(37)38/h4-8,10,12,15,18,20,25H,9,11,13-14,16-17H2,1-3H3/p+1. The van der Waals surface area contributed by atoms with Crippen LogP contribution in [0.1, 0.15) is 46.8 Å². The van der Waals surface area contributed by atoms with Gasteiger partial charge in [0.2, 0.25) is 5.95 Å². The number of amides is 1. The number of hydrogen-bond acceptors (Lipinski definition) is 7. The normalized spacial score (nSPS) is 18.8. The fourth-order valence-electron chi connectivity index (χ4n) is 6.10. The zero-order valence-electron chi connectivity index (χ0n) is 22.4. The van der Waals surface area contributed by atoms with Gasteiger partial charge in [-0.1, -0.05) is 29.8 Å². The first kappa shape index (κ1) is 26.9. The number of benzene rings is 2. The Morgan fingerprint density at radius 3 is 2.54 bits per heavy atom. The molecule has 9 nitrogen and oxygen atoms in total. The number of piperidine rings is 1. The van der Waals surface area contributed by atoms with Gasteiger partial charge in [-0.3, -0.25) is 0 Å². The summed E-state index contributed by atoms with van der Waals surface area (Å²) < 4.78 is 5.14. The molecule has 1 N–H and O–H groups in total. The van der Waals surface area contributed by atoms with Crippen LogP contribution in [0.2, 0.25) is 5.02 Å². The molecule has 204 valence electrons. The second-order valence-electron chi connectivity index (χ2n) is 10.5. The summed E-state index contributed by atoms with van der Waals surface area (Å²) in [4.78, 5) is 38.8. The Kier molecular flexibility index (Phi) is 7.46. The van der Waals surface area contributed by atoms with E-state index < -0.39 is 6.16 Å². The summed E-state index contributed by atoms with van der Waals surface area (Å²) in [6, 6.07) is 14.4. The summed E-state index contributed by atoms with van der Waals surface area (Å²) in [5, 5.41) is 9.60. The topological polar surface area (TPSA) is 95.9 Å². The van der Waals surface area contributed by atoms with E-state index in [0.29, 0.717) is 16.5 Å². The first-order valence-corrected chi connectivity index (χ1v) is 13.5. The molecule has 2 heterocycles. The van der Waals surface area contributed by atoms with Gasteiger partial charge in [-0.2, -0.15) is 4.98 Å². The molecule has 2 aliphatic rings. The lowest BCUT2D eigenvalue weighted by atomic mass is 9.93. The van der Waals surface area contributed by atoms with Crippen molar-refractivity contribution in [2.24, 2.45) is 0 Å². The number of halogens is 1. The number of rotatable bonds is 6. The Bertz CT molecular complexity index is 1390. The van der Waals surface area contributed by atoms with Crippen LogP contribution in [0.15, 0.2) is 54.7 Å². The van der Waals surface area contributed by atoms with Crippen LogP contribution in [0, 0.1) is 0 Å². The van der Waals surface area contributed by atoms with Crippen molar-refractivity contribution in [3.05, 3.63) is 76.4 Å². The quantitative estimate of drug-likeness (QED) is 0.254. The average molecular weight is 551 g/mol. The summed E-state index contributed by atoms with van der Waals surface area (Å²) in [6.07, 6.45) is 3.57. The van der Waals surface area contributed by atoms with Gasteiger partial charge < -0.3 is 19.6 Å². The molecule has 1 aliphatic heterocycles. The Labute approximate surface area is 233 Å². The Hall–Kier alpha value is -3.69. The largest absolute Gasteiger partial charge is 0.511 e. The minimum atomic E-state index is -1.36. The number of quaternary nitrogens is 1. The molecule has 1 fully saturated rings. The molecule has 1 aromatic heterocycles. The van der Waals surface area contributed by atoms with Gasteiger partial charge in [-0.25, -0.2) is 19.1 Å². The van der Waals surface area contributed by atoms with Crippen LogP contribution in [0.3, 0.4) is 0 Å². The number of ether oxygens (including phenoxy) is 1. The molecule has 0 radical (unpaired) electrons. The van der Waals surface area contributed by atoms with Crippen molar-refractivity contribution in [3.63, 3.8) is 0 Å². The highest BCUT2D eigenvalue weighted by Crippen LogP contribution is 2.46. The number of aromatic nitrogens is 2. The van der Waals surface area contributed by atoms with E-state index in [1.807, 2.05) is 50.3 Å². The van der Waals surface area contributed by atoms with Crippen molar-refractivity contribution in [2.75, 3.05) is 44.0 Å². The third-order valence-corrected chi connectivity index (χ3v) is 8.46. The molecule has 39 heavy (non-hydrogen) atoms. The van der Waals surface area contributed by atoms with E-state index >= 15 is 0 Å². The van der Waals surface area contributed by atoms with Crippen LogP contribution in [0.25, 0.3) is 0 Å². The molecule has 5 rings (SSSR count). The summed E-state index contributed by atoms with van der Waals surface area (Å²) in [7, 11) is 5.85. The lowest BCUT2D eigenvalue weighted by molar-refractivity contribution is -0.887. The van der Waals surface area contributed by atoms with Crippen LogP contribution in [0.4, 0.5) is 16.6 Å². The molecule has 2 atom stereocenters. The highest BCUT2D eigenvalue weighted by Gasteiger charge is 2.51. The number of carbonyl (C=O) groups is 2. The van der Waals surface area contributed by atoms with Crippen LogP contribution in [0.5, 0.6) is 5.75 Å². The van der Waals surface area contributed by atoms with Crippen LogP contribution >= 0.6 is 11.6 Å². The van der Waals surface area contributed by atoms with Crippen molar-refractivity contribution < 1.29 is 23.9 Å². The second-order valence-corrected chi connectivity index (χ2v) is 11.0. The summed E-state index contributed by atoms with van der Waals surface area (Å²) in [6.45, 7) is 1.50. The summed E-state index contributed by atoms with van der Waals surface area (Å²) in [5.41, 5.74) is 2.58. The van der Waals surface area contributed by atoms with Crippen LogP contribution in [-0.4, -0.2) is 71.9 Å². The van der Waals surface area contributed by atoms with Gasteiger partial charge in [-0.15, -0.1) is 0 Å². The lowest BCUT2D eigenvalue weighted by Crippen LogP contribution is -2.60. The van der Waals surface area contributed by atoms with Crippen molar-refractivity contribution in [3.8, 4) is 5.75 Å². The predicted octanol–water partition coefficient (Wildman–Crippen LogP) is 5.20. The van der Waals surface area contributed by atoms with E-state index in [1.54, 1.807) is 30.5 Å². The molecule has 0 bridgehead atoms. The van der Waals surface area contributed by atoms with E-state index in [0.717, 1.165) is 55.7 Å². The van der Waals surface area contributed by atoms with Gasteiger partial charge >= 0.3 is 12.1 Å². The van der Waals surface area contributed by atoms with Gasteiger partial charge in [0.05, 0.1) is 23.7 Å². The van der Waals surface area contributed by atoms with Gasteiger partial charge in [0.25, 0.3) is 0 Å². The minimum absolute atomic E-state index is 0.0279. The summed E-state index contributed by atoms with van der Waals surface area (Å²) in [5.74, 6) is 1.77. The maximum Gasteiger partial charge on any atom is 0.511 e. The number of carbonyl (C=O) groups excluding carboxylic acids is 1. The van der Waals surface area contributed by atoms with Gasteiger partial charge in [0.15, 0.2) is 0 Å². The number of fused-ring (bicyclic) bond motifs is 1. The first-order valence-electron chi connectivity index (χ1n) is 13.1. The first-order chi connectivity index (χ1) is 18.7. The molecule has 0 spiro atoms. The van der Waals surface area contributed by atoms with Crippen molar-refractivity contribution in [1.82, 2.24) is 9.97 Å². The molecular formula is C29H33ClN5O4+. The number of carboxylic acid groups (broad SMARTS) is 1. The van der Waals surface area contributed by atoms with Gasteiger partial charge in [0.1, 0.15) is 17.6 Å². The van der Waals surface area contributed by atoms with E-state index in [4.69, 9.17) is 26.4 Å². The fourth-order valence-corrected chi connectivity index (χ4v) is 6.31. The molecule has 1 aliphatic carbocycles. The molecule has 1 saturated heterocycles. The molecular weight excluding hydrogens is 518 g/mol. The fraction of sp³-hybridized carbons (Fsp3) is 0.379. The zero-order valence-corrected chi connectivity index (χ0v) is 23.1. The molecule has 1 amide bonds. The number of nitrogens with zero attached hydrogens (tertiary/aromatic N) is 5. The van der Waals surface area contributed by atoms with Gasteiger partial charge in [-0.05, 0) is 42.3 Å². The zero-order chi connectivity index (χ0) is 27.7. The number of anilines is 2. The molecule has 2 aromatic carbocycles. The number of hydrogen-bond donors (Lipinski definition) is 1. The minimum Gasteiger partial charge on any atom is -0.449 e. The Morgan fingerprint density at radius 1 is 1.10 bits per heavy atom. The van der Waals surface area contributed by atoms with Gasteiger partial charge in [0, 0.05) is 58.2 Å². The maximum absolute atomic E-state index is 14.4. The maximum atomic E-state index is 14.4.